The van der Waals surface area contributed by atoms with E-state index in [1.807, 2.05) is 30.3 Å². The molecule has 1 heterocycles. The van der Waals surface area contributed by atoms with Gasteiger partial charge in [0, 0.05) is 21.7 Å². The van der Waals surface area contributed by atoms with Crippen molar-refractivity contribution in [3.8, 4) is 17.1 Å². The Bertz CT molecular complexity index is 1230. The van der Waals surface area contributed by atoms with Crippen molar-refractivity contribution < 1.29 is 23.5 Å². The number of fused-ring (bicyclic) bond motifs is 1. The first kappa shape index (κ1) is 20.5. The lowest BCUT2D eigenvalue weighted by molar-refractivity contribution is 0.0528. The van der Waals surface area contributed by atoms with E-state index < -0.39 is 12.1 Å². The Kier molecular flexibility index (Phi) is 5.91. The molecule has 156 valence electrons. The number of amides is 1. The van der Waals surface area contributed by atoms with Gasteiger partial charge >= 0.3 is 12.1 Å². The van der Waals surface area contributed by atoms with Crippen LogP contribution in [0.1, 0.15) is 17.3 Å². The Morgan fingerprint density at radius 1 is 1.00 bits per heavy atom. The van der Waals surface area contributed by atoms with Crippen molar-refractivity contribution in [1.82, 2.24) is 0 Å². The van der Waals surface area contributed by atoms with Crippen LogP contribution in [0.25, 0.3) is 22.3 Å². The first-order valence-electron chi connectivity index (χ1n) is 9.58. The molecule has 1 N–H and O–H groups in total. The number of anilines is 1. The highest BCUT2D eigenvalue weighted by Crippen LogP contribution is 2.36. The number of hydrogen-bond donors (Lipinski definition) is 1. The number of benzene rings is 3. The molecule has 6 nitrogen and oxygen atoms in total. The molecule has 31 heavy (non-hydrogen) atoms. The molecule has 0 saturated carbocycles. The maximum absolute atomic E-state index is 12.7. The Morgan fingerprint density at radius 3 is 2.45 bits per heavy atom. The standard InChI is InChI=1S/C24H18ClNO5/c1-2-29-23(27)21-19-14-18(30-24(28)26-17-10-8-16(25)9-11-17)12-13-20(19)31-22(21)15-6-4-3-5-7-15/h3-14H,2H2,1H3,(H,26,28). The summed E-state index contributed by atoms with van der Waals surface area (Å²) in [6, 6.07) is 20.7. The van der Waals surface area contributed by atoms with Gasteiger partial charge in [0.15, 0.2) is 0 Å². The van der Waals surface area contributed by atoms with Crippen molar-refractivity contribution in [2.75, 3.05) is 11.9 Å². The third-order valence-electron chi connectivity index (χ3n) is 4.48. The summed E-state index contributed by atoms with van der Waals surface area (Å²) < 4.78 is 16.6. The zero-order chi connectivity index (χ0) is 21.8. The minimum atomic E-state index is -0.675. The molecular formula is C24H18ClNO5. The molecule has 0 bridgehead atoms. The molecule has 1 amide bonds. The molecule has 0 aliphatic rings. The van der Waals surface area contributed by atoms with Crippen molar-refractivity contribution in [3.05, 3.63) is 83.4 Å². The van der Waals surface area contributed by atoms with Gasteiger partial charge in [-0.2, -0.15) is 0 Å². The Morgan fingerprint density at radius 2 is 1.74 bits per heavy atom. The summed E-state index contributed by atoms with van der Waals surface area (Å²) in [4.78, 5) is 25.0. The van der Waals surface area contributed by atoms with Crippen LogP contribution < -0.4 is 10.1 Å². The van der Waals surface area contributed by atoms with Gasteiger partial charge in [-0.1, -0.05) is 41.9 Å². The van der Waals surface area contributed by atoms with Gasteiger partial charge in [-0.05, 0) is 49.4 Å². The summed E-state index contributed by atoms with van der Waals surface area (Å²) in [6.45, 7) is 1.96. The highest BCUT2D eigenvalue weighted by molar-refractivity contribution is 6.30. The van der Waals surface area contributed by atoms with E-state index in [9.17, 15) is 9.59 Å². The lowest BCUT2D eigenvalue weighted by Crippen LogP contribution is -2.16. The van der Waals surface area contributed by atoms with E-state index in [1.165, 1.54) is 0 Å². The Labute approximate surface area is 183 Å². The molecule has 7 heteroatoms. The molecule has 0 fully saturated rings. The predicted molar refractivity (Wildman–Crippen MR) is 119 cm³/mol. The van der Waals surface area contributed by atoms with E-state index in [4.69, 9.17) is 25.5 Å². The Hall–Kier alpha value is -3.77. The van der Waals surface area contributed by atoms with Crippen LogP contribution in [0, 0.1) is 0 Å². The number of nitrogens with one attached hydrogen (secondary N) is 1. The third kappa shape index (κ3) is 4.54. The first-order valence-corrected chi connectivity index (χ1v) is 9.96. The second kappa shape index (κ2) is 8.93. The van der Waals surface area contributed by atoms with Gasteiger partial charge < -0.3 is 13.9 Å². The SMILES string of the molecule is CCOC(=O)c1c(-c2ccccc2)oc2ccc(OC(=O)Nc3ccc(Cl)cc3)cc12. The highest BCUT2D eigenvalue weighted by atomic mass is 35.5. The average Bonchev–Trinajstić information content (AvgIpc) is 3.15. The van der Waals surface area contributed by atoms with Gasteiger partial charge in [-0.15, -0.1) is 0 Å². The third-order valence-corrected chi connectivity index (χ3v) is 4.73. The van der Waals surface area contributed by atoms with E-state index in [0.29, 0.717) is 27.4 Å². The van der Waals surface area contributed by atoms with Gasteiger partial charge in [-0.25, -0.2) is 9.59 Å². The van der Waals surface area contributed by atoms with E-state index in [2.05, 4.69) is 5.32 Å². The van der Waals surface area contributed by atoms with Gasteiger partial charge in [0.05, 0.1) is 6.61 Å². The molecule has 4 aromatic rings. The number of rotatable bonds is 5. The molecule has 0 spiro atoms. The van der Waals surface area contributed by atoms with Gasteiger partial charge in [0.2, 0.25) is 0 Å². The minimum absolute atomic E-state index is 0.222. The fraction of sp³-hybridized carbons (Fsp3) is 0.0833. The van der Waals surface area contributed by atoms with Crippen molar-refractivity contribution in [1.29, 1.82) is 0 Å². The molecule has 0 atom stereocenters. The number of furan rings is 1. The lowest BCUT2D eigenvalue weighted by atomic mass is 10.1. The second-order valence-electron chi connectivity index (χ2n) is 6.57. The zero-order valence-electron chi connectivity index (χ0n) is 16.6. The van der Waals surface area contributed by atoms with Crippen molar-refractivity contribution in [3.63, 3.8) is 0 Å². The molecular weight excluding hydrogens is 418 g/mol. The fourth-order valence-corrected chi connectivity index (χ4v) is 3.25. The lowest BCUT2D eigenvalue weighted by Gasteiger charge is -2.07. The number of carbonyl (C=O) groups is 2. The van der Waals surface area contributed by atoms with Crippen LogP contribution in [0.4, 0.5) is 10.5 Å². The van der Waals surface area contributed by atoms with Crippen LogP contribution in [0.2, 0.25) is 5.02 Å². The highest BCUT2D eigenvalue weighted by Gasteiger charge is 2.24. The van der Waals surface area contributed by atoms with E-state index >= 15 is 0 Å². The van der Waals surface area contributed by atoms with Gasteiger partial charge in [0.1, 0.15) is 22.7 Å². The van der Waals surface area contributed by atoms with Crippen LogP contribution in [-0.4, -0.2) is 18.7 Å². The second-order valence-corrected chi connectivity index (χ2v) is 7.01. The number of esters is 1. The van der Waals surface area contributed by atoms with Crippen molar-refractivity contribution >= 4 is 40.3 Å². The number of halogens is 1. The summed E-state index contributed by atoms with van der Waals surface area (Å²) in [7, 11) is 0. The monoisotopic (exact) mass is 435 g/mol. The summed E-state index contributed by atoms with van der Waals surface area (Å²) in [5.41, 5.74) is 2.04. The summed E-state index contributed by atoms with van der Waals surface area (Å²) in [6.07, 6.45) is -0.675. The average molecular weight is 436 g/mol. The largest absolute Gasteiger partial charge is 0.462 e. The molecule has 0 unspecified atom stereocenters. The molecule has 0 aliphatic carbocycles. The molecule has 3 aromatic carbocycles. The topological polar surface area (TPSA) is 77.8 Å². The molecule has 0 radical (unpaired) electrons. The normalized spacial score (nSPS) is 10.6. The smallest absolute Gasteiger partial charge is 0.417 e. The van der Waals surface area contributed by atoms with Crippen LogP contribution in [0.3, 0.4) is 0 Å². The Balaban J connectivity index is 1.67. The molecule has 0 saturated heterocycles. The van der Waals surface area contributed by atoms with Crippen molar-refractivity contribution in [2.24, 2.45) is 0 Å². The van der Waals surface area contributed by atoms with Crippen LogP contribution in [-0.2, 0) is 4.74 Å². The number of ether oxygens (including phenoxy) is 2. The number of hydrogen-bond acceptors (Lipinski definition) is 5. The maximum Gasteiger partial charge on any atom is 0.417 e. The van der Waals surface area contributed by atoms with Crippen molar-refractivity contribution in [2.45, 2.75) is 6.92 Å². The van der Waals surface area contributed by atoms with Gasteiger partial charge in [0.25, 0.3) is 0 Å². The van der Waals surface area contributed by atoms with Crippen LogP contribution >= 0.6 is 11.6 Å². The summed E-state index contributed by atoms with van der Waals surface area (Å²) in [5.74, 6) is 0.143. The van der Waals surface area contributed by atoms with E-state index in [-0.39, 0.29) is 17.9 Å². The van der Waals surface area contributed by atoms with Gasteiger partial charge in [-0.3, -0.25) is 5.32 Å². The summed E-state index contributed by atoms with van der Waals surface area (Å²) >= 11 is 5.85. The van der Waals surface area contributed by atoms with E-state index in [1.54, 1.807) is 49.4 Å². The predicted octanol–water partition coefficient (Wildman–Crippen LogP) is 6.54. The first-order chi connectivity index (χ1) is 15.0. The summed E-state index contributed by atoms with van der Waals surface area (Å²) in [5, 5.41) is 3.67. The minimum Gasteiger partial charge on any atom is -0.462 e. The quantitative estimate of drug-likeness (QED) is 0.360. The van der Waals surface area contributed by atoms with E-state index in [0.717, 1.165) is 5.56 Å². The fourth-order valence-electron chi connectivity index (χ4n) is 3.12. The molecule has 1 aromatic heterocycles. The maximum atomic E-state index is 12.7. The zero-order valence-corrected chi connectivity index (χ0v) is 17.3. The number of carbonyl (C=O) groups excluding carboxylic acids is 2. The molecule has 4 rings (SSSR count). The molecule has 0 aliphatic heterocycles. The van der Waals surface area contributed by atoms with Crippen LogP contribution in [0.15, 0.2) is 77.2 Å². The van der Waals surface area contributed by atoms with Crippen LogP contribution in [0.5, 0.6) is 5.75 Å².